The smallest absolute Gasteiger partial charge is 0.243 e. The highest BCUT2D eigenvalue weighted by Gasteiger charge is 2.24. The fourth-order valence-electron chi connectivity index (χ4n) is 1.37. The van der Waals surface area contributed by atoms with Crippen LogP contribution in [0.15, 0.2) is 21.5 Å². The molecule has 0 aliphatic carbocycles. The first kappa shape index (κ1) is 16.6. The Hall–Kier alpha value is -0.500. The third-order valence-electron chi connectivity index (χ3n) is 2.88. The Morgan fingerprint density at radius 1 is 1.37 bits per heavy atom. The molecule has 0 amide bonds. The molecule has 0 saturated carbocycles. The highest BCUT2D eigenvalue weighted by molar-refractivity contribution is 9.10. The van der Waals surface area contributed by atoms with Crippen molar-refractivity contribution < 1.29 is 17.9 Å². The molecule has 1 aromatic rings. The van der Waals surface area contributed by atoms with Crippen LogP contribution in [0.4, 0.5) is 4.39 Å². The number of benzene rings is 1. The standard InChI is InChI=1S/C12H17BrFNO3S/c1-7(2)8(3)15-19(17,18)11-5-10(13)4-9(6-16)12(11)14/h4-5,7-8,15-16H,6H2,1-3H3. The van der Waals surface area contributed by atoms with Crippen molar-refractivity contribution in [3.63, 3.8) is 0 Å². The molecule has 2 N–H and O–H groups in total. The Kier molecular flexibility index (Phi) is 5.49. The fourth-order valence-corrected chi connectivity index (χ4v) is 3.57. The van der Waals surface area contributed by atoms with Crippen LogP contribution in [0.1, 0.15) is 26.3 Å². The first-order valence-electron chi connectivity index (χ1n) is 5.80. The van der Waals surface area contributed by atoms with E-state index in [2.05, 4.69) is 20.7 Å². The maximum atomic E-state index is 14.0. The van der Waals surface area contributed by atoms with E-state index >= 15 is 0 Å². The predicted molar refractivity (Wildman–Crippen MR) is 74.6 cm³/mol. The minimum atomic E-state index is -3.96. The zero-order valence-electron chi connectivity index (χ0n) is 10.9. The number of nitrogens with one attached hydrogen (secondary N) is 1. The summed E-state index contributed by atoms with van der Waals surface area (Å²) in [4.78, 5) is -0.460. The van der Waals surface area contributed by atoms with Crippen LogP contribution < -0.4 is 4.72 Å². The van der Waals surface area contributed by atoms with Crippen LogP contribution in [0.2, 0.25) is 0 Å². The van der Waals surface area contributed by atoms with Gasteiger partial charge in [0.25, 0.3) is 0 Å². The molecule has 0 aliphatic rings. The molecule has 0 saturated heterocycles. The van der Waals surface area contributed by atoms with E-state index in [1.807, 2.05) is 13.8 Å². The zero-order chi connectivity index (χ0) is 14.8. The summed E-state index contributed by atoms with van der Waals surface area (Å²) in [6, 6.07) is 2.21. The maximum Gasteiger partial charge on any atom is 0.243 e. The lowest BCUT2D eigenvalue weighted by atomic mass is 10.1. The zero-order valence-corrected chi connectivity index (χ0v) is 13.3. The highest BCUT2D eigenvalue weighted by atomic mass is 79.9. The Bertz CT molecular complexity index is 560. The van der Waals surface area contributed by atoms with Crippen LogP contribution >= 0.6 is 15.9 Å². The molecular weight excluding hydrogens is 337 g/mol. The van der Waals surface area contributed by atoms with E-state index in [-0.39, 0.29) is 17.5 Å². The first-order valence-corrected chi connectivity index (χ1v) is 8.07. The lowest BCUT2D eigenvalue weighted by Crippen LogP contribution is -2.36. The van der Waals surface area contributed by atoms with Crippen LogP contribution in [-0.4, -0.2) is 19.6 Å². The van der Waals surface area contributed by atoms with Crippen LogP contribution in [0.25, 0.3) is 0 Å². The van der Waals surface area contributed by atoms with Gasteiger partial charge >= 0.3 is 0 Å². The fraction of sp³-hybridized carbons (Fsp3) is 0.500. The van der Waals surface area contributed by atoms with E-state index in [1.54, 1.807) is 6.92 Å². The van der Waals surface area contributed by atoms with Gasteiger partial charge in [-0.25, -0.2) is 17.5 Å². The normalized spacial score (nSPS) is 13.8. The Morgan fingerprint density at radius 2 is 1.95 bits per heavy atom. The molecule has 1 rings (SSSR count). The number of sulfonamides is 1. The Labute approximate surface area is 121 Å². The summed E-state index contributed by atoms with van der Waals surface area (Å²) < 4.78 is 41.1. The molecule has 0 bridgehead atoms. The summed E-state index contributed by atoms with van der Waals surface area (Å²) in [6.07, 6.45) is 0. The summed E-state index contributed by atoms with van der Waals surface area (Å²) in [5.41, 5.74) is -0.0630. The summed E-state index contributed by atoms with van der Waals surface area (Å²) in [5.74, 6) is -0.837. The SMILES string of the molecule is CC(C)C(C)NS(=O)(=O)c1cc(Br)cc(CO)c1F. The third kappa shape index (κ3) is 3.98. The van der Waals surface area contributed by atoms with Gasteiger partial charge < -0.3 is 5.11 Å². The number of hydrogen-bond donors (Lipinski definition) is 2. The van der Waals surface area contributed by atoms with Gasteiger partial charge in [-0.15, -0.1) is 0 Å². The summed E-state index contributed by atoms with van der Waals surface area (Å²) in [7, 11) is -3.96. The van der Waals surface area contributed by atoms with Crippen LogP contribution in [0.5, 0.6) is 0 Å². The number of aliphatic hydroxyl groups is 1. The lowest BCUT2D eigenvalue weighted by molar-refractivity contribution is 0.274. The van der Waals surface area contributed by atoms with E-state index in [0.717, 1.165) is 0 Å². The molecular formula is C12H17BrFNO3S. The van der Waals surface area contributed by atoms with E-state index in [4.69, 9.17) is 5.11 Å². The van der Waals surface area contributed by atoms with Gasteiger partial charge in [-0.3, -0.25) is 0 Å². The van der Waals surface area contributed by atoms with Crippen molar-refractivity contribution in [3.05, 3.63) is 28.0 Å². The molecule has 7 heteroatoms. The second-order valence-corrected chi connectivity index (χ2v) is 7.29. The van der Waals surface area contributed by atoms with Gasteiger partial charge in [0, 0.05) is 16.1 Å². The minimum absolute atomic E-state index is 0.0630. The Morgan fingerprint density at radius 3 is 2.42 bits per heavy atom. The summed E-state index contributed by atoms with van der Waals surface area (Å²) in [5, 5.41) is 9.03. The van der Waals surface area contributed by atoms with Crippen LogP contribution in [0, 0.1) is 11.7 Å². The monoisotopic (exact) mass is 353 g/mol. The molecule has 1 atom stereocenters. The van der Waals surface area contributed by atoms with Crippen molar-refractivity contribution in [1.82, 2.24) is 4.72 Å². The van der Waals surface area contributed by atoms with Crippen molar-refractivity contribution in [1.29, 1.82) is 0 Å². The molecule has 4 nitrogen and oxygen atoms in total. The van der Waals surface area contributed by atoms with Gasteiger partial charge in [-0.2, -0.15) is 0 Å². The molecule has 108 valence electrons. The van der Waals surface area contributed by atoms with Crippen molar-refractivity contribution in [2.24, 2.45) is 5.92 Å². The van der Waals surface area contributed by atoms with Gasteiger partial charge in [0.05, 0.1) is 6.61 Å². The van der Waals surface area contributed by atoms with E-state index in [0.29, 0.717) is 4.47 Å². The van der Waals surface area contributed by atoms with Crippen LogP contribution in [-0.2, 0) is 16.6 Å². The van der Waals surface area contributed by atoms with E-state index < -0.39 is 27.3 Å². The second kappa shape index (κ2) is 6.30. The third-order valence-corrected chi connectivity index (χ3v) is 4.90. The van der Waals surface area contributed by atoms with Crippen molar-refractivity contribution >= 4 is 26.0 Å². The molecule has 19 heavy (non-hydrogen) atoms. The van der Waals surface area contributed by atoms with E-state index in [9.17, 15) is 12.8 Å². The minimum Gasteiger partial charge on any atom is -0.392 e. The quantitative estimate of drug-likeness (QED) is 0.853. The second-order valence-electron chi connectivity index (χ2n) is 4.69. The molecule has 0 radical (unpaired) electrons. The molecule has 0 heterocycles. The van der Waals surface area contributed by atoms with Gasteiger partial charge in [0.2, 0.25) is 10.0 Å². The topological polar surface area (TPSA) is 66.4 Å². The van der Waals surface area contributed by atoms with Crippen molar-refractivity contribution in [3.8, 4) is 0 Å². The maximum absolute atomic E-state index is 14.0. The van der Waals surface area contributed by atoms with E-state index in [1.165, 1.54) is 12.1 Å². The number of rotatable bonds is 5. The number of aliphatic hydroxyl groups excluding tert-OH is 1. The Balaban J connectivity index is 3.25. The van der Waals surface area contributed by atoms with Gasteiger partial charge in [0.15, 0.2) is 0 Å². The summed E-state index contributed by atoms with van der Waals surface area (Å²) in [6.45, 7) is 4.88. The van der Waals surface area contributed by atoms with Crippen molar-refractivity contribution in [2.75, 3.05) is 0 Å². The summed E-state index contributed by atoms with van der Waals surface area (Å²) >= 11 is 3.11. The first-order chi connectivity index (χ1) is 8.69. The molecule has 0 spiro atoms. The van der Waals surface area contributed by atoms with Crippen molar-refractivity contribution in [2.45, 2.75) is 38.3 Å². The largest absolute Gasteiger partial charge is 0.392 e. The van der Waals surface area contributed by atoms with Gasteiger partial charge in [0.1, 0.15) is 10.7 Å². The molecule has 0 fully saturated rings. The molecule has 0 aromatic heterocycles. The molecule has 1 unspecified atom stereocenters. The number of hydrogen-bond acceptors (Lipinski definition) is 3. The predicted octanol–water partition coefficient (Wildman–Crippen LogP) is 2.40. The lowest BCUT2D eigenvalue weighted by Gasteiger charge is -2.18. The van der Waals surface area contributed by atoms with Gasteiger partial charge in [-0.1, -0.05) is 29.8 Å². The van der Waals surface area contributed by atoms with Crippen LogP contribution in [0.3, 0.4) is 0 Å². The average Bonchev–Trinajstić information content (AvgIpc) is 2.30. The van der Waals surface area contributed by atoms with Gasteiger partial charge in [-0.05, 0) is 25.0 Å². The highest BCUT2D eigenvalue weighted by Crippen LogP contribution is 2.24. The molecule has 0 aliphatic heterocycles. The average molecular weight is 354 g/mol. The molecule has 1 aromatic carbocycles. The number of halogens is 2.